The third-order valence-electron chi connectivity index (χ3n) is 6.74. The van der Waals surface area contributed by atoms with E-state index in [-0.39, 0.29) is 17.5 Å². The molecule has 5 rings (SSSR count). The van der Waals surface area contributed by atoms with E-state index in [4.69, 9.17) is 21.7 Å². The van der Waals surface area contributed by atoms with Crippen LogP contribution >= 0.6 is 22.9 Å². The number of amides is 1. The molecule has 8 heteroatoms. The summed E-state index contributed by atoms with van der Waals surface area (Å²) in [4.78, 5) is 30.1. The maximum absolute atomic E-state index is 12.5. The lowest BCUT2D eigenvalue weighted by Gasteiger charge is -2.23. The van der Waals surface area contributed by atoms with Crippen LogP contribution in [0.15, 0.2) is 78.9 Å². The lowest BCUT2D eigenvalue weighted by atomic mass is 10.0. The first kappa shape index (κ1) is 26.1. The predicted molar refractivity (Wildman–Crippen MR) is 151 cm³/mol. The topological polar surface area (TPSA) is 90.7 Å². The van der Waals surface area contributed by atoms with Gasteiger partial charge in [-0.3, -0.25) is 4.79 Å². The molecule has 2 atom stereocenters. The zero-order chi connectivity index (χ0) is 26.6. The van der Waals surface area contributed by atoms with Crippen molar-refractivity contribution in [2.24, 2.45) is 0 Å². The van der Waals surface area contributed by atoms with Crippen LogP contribution < -0.4 is 0 Å². The number of aliphatic hydroxyl groups is 1. The molecule has 0 saturated carbocycles. The van der Waals surface area contributed by atoms with Gasteiger partial charge in [-0.1, -0.05) is 54.1 Å². The maximum Gasteiger partial charge on any atom is 0.335 e. The number of benzene rings is 3. The smallest absolute Gasteiger partial charge is 0.335 e. The summed E-state index contributed by atoms with van der Waals surface area (Å²) in [5, 5.41) is 21.4. The highest BCUT2D eigenvalue weighted by Crippen LogP contribution is 2.32. The molecule has 0 radical (unpaired) electrons. The average Bonchev–Trinajstić information content (AvgIpc) is 3.49. The Morgan fingerprint density at radius 3 is 2.74 bits per heavy atom. The molecule has 0 spiro atoms. The summed E-state index contributed by atoms with van der Waals surface area (Å²) in [5.74, 6) is -0.856. The first-order valence-corrected chi connectivity index (χ1v) is 13.7. The molecule has 1 amide bonds. The van der Waals surface area contributed by atoms with Crippen LogP contribution in [0.3, 0.4) is 0 Å². The second-order valence-electron chi connectivity index (χ2n) is 9.43. The molecule has 1 saturated heterocycles. The molecular weight excluding hydrogens is 520 g/mol. The Morgan fingerprint density at radius 1 is 1.13 bits per heavy atom. The highest BCUT2D eigenvalue weighted by molar-refractivity contribution is 7.21. The Balaban J connectivity index is 1.20. The fraction of sp³-hybridized carbons (Fsp3) is 0.233. The molecule has 38 heavy (non-hydrogen) atoms. The molecule has 2 N–H and O–H groups in total. The van der Waals surface area contributed by atoms with Gasteiger partial charge in [0.2, 0.25) is 5.91 Å². The zero-order valence-electron chi connectivity index (χ0n) is 20.6. The lowest BCUT2D eigenvalue weighted by Crippen LogP contribution is -2.33. The number of thiazole rings is 1. The van der Waals surface area contributed by atoms with Gasteiger partial charge in [0.25, 0.3) is 0 Å². The summed E-state index contributed by atoms with van der Waals surface area (Å²) < 4.78 is 1.07. The van der Waals surface area contributed by atoms with E-state index in [1.165, 1.54) is 0 Å². The van der Waals surface area contributed by atoms with Crippen LogP contribution in [0.25, 0.3) is 20.8 Å². The quantitative estimate of drug-likeness (QED) is 0.251. The normalized spacial score (nSPS) is 16.5. The number of carboxylic acid groups (broad SMARTS) is 1. The van der Waals surface area contributed by atoms with Gasteiger partial charge in [0.1, 0.15) is 5.01 Å². The number of aromatic nitrogens is 1. The molecule has 1 fully saturated rings. The van der Waals surface area contributed by atoms with Crippen molar-refractivity contribution in [3.8, 4) is 10.6 Å². The van der Waals surface area contributed by atoms with Gasteiger partial charge in [-0.15, -0.1) is 11.3 Å². The maximum atomic E-state index is 12.5. The number of nitrogens with zero attached hydrogens (tertiary/aromatic N) is 2. The second-order valence-corrected chi connectivity index (χ2v) is 10.9. The molecule has 2 heterocycles. The summed E-state index contributed by atoms with van der Waals surface area (Å²) in [6.45, 7) is 0.547. The van der Waals surface area contributed by atoms with Crippen molar-refractivity contribution in [2.45, 2.75) is 37.8 Å². The van der Waals surface area contributed by atoms with Gasteiger partial charge in [0, 0.05) is 30.0 Å². The Kier molecular flexibility index (Phi) is 7.88. The Hall–Kier alpha value is -3.52. The number of halogens is 1. The van der Waals surface area contributed by atoms with Crippen molar-refractivity contribution in [1.29, 1.82) is 0 Å². The fourth-order valence-corrected chi connectivity index (χ4v) is 5.84. The number of hydrogen-bond donors (Lipinski definition) is 2. The van der Waals surface area contributed by atoms with Crippen molar-refractivity contribution >= 4 is 45.0 Å². The second kappa shape index (κ2) is 11.5. The predicted octanol–water partition coefficient (Wildman–Crippen LogP) is 6.01. The monoisotopic (exact) mass is 546 g/mol. The first-order valence-electron chi connectivity index (χ1n) is 12.5. The number of aliphatic hydroxyl groups excluding tert-OH is 1. The summed E-state index contributed by atoms with van der Waals surface area (Å²) in [6.07, 6.45) is 5.34. The van der Waals surface area contributed by atoms with Gasteiger partial charge >= 0.3 is 5.97 Å². The van der Waals surface area contributed by atoms with Crippen LogP contribution in [-0.2, 0) is 17.6 Å². The number of rotatable bonds is 9. The van der Waals surface area contributed by atoms with Crippen LogP contribution in [0, 0.1) is 0 Å². The number of likely N-dealkylation sites (tertiary alicyclic amines) is 1. The lowest BCUT2D eigenvalue weighted by molar-refractivity contribution is -0.128. The van der Waals surface area contributed by atoms with Crippen LogP contribution in [0.4, 0.5) is 0 Å². The highest BCUT2D eigenvalue weighted by atomic mass is 35.5. The number of carbonyl (C=O) groups is 2. The van der Waals surface area contributed by atoms with E-state index in [0.717, 1.165) is 38.3 Å². The minimum Gasteiger partial charge on any atom is -0.478 e. The van der Waals surface area contributed by atoms with Crippen LogP contribution in [0.2, 0.25) is 5.02 Å². The molecule has 1 aliphatic rings. The first-order chi connectivity index (χ1) is 18.4. The number of fused-ring (bicyclic) bond motifs is 1. The summed E-state index contributed by atoms with van der Waals surface area (Å²) >= 11 is 7.71. The van der Waals surface area contributed by atoms with E-state index in [0.29, 0.717) is 30.8 Å². The third kappa shape index (κ3) is 6.13. The third-order valence-corrected chi connectivity index (χ3v) is 8.06. The molecule has 0 bridgehead atoms. The van der Waals surface area contributed by atoms with Crippen molar-refractivity contribution in [2.75, 3.05) is 6.54 Å². The number of hydrogen-bond acceptors (Lipinski definition) is 5. The molecule has 4 aromatic rings. The molecule has 194 valence electrons. The summed E-state index contributed by atoms with van der Waals surface area (Å²) in [7, 11) is 0. The van der Waals surface area contributed by atoms with Gasteiger partial charge in [-0.2, -0.15) is 0 Å². The van der Waals surface area contributed by atoms with E-state index in [2.05, 4.69) is 6.07 Å². The number of aromatic carboxylic acids is 1. The van der Waals surface area contributed by atoms with E-state index in [1.54, 1.807) is 41.7 Å². The van der Waals surface area contributed by atoms with E-state index < -0.39 is 12.1 Å². The average molecular weight is 547 g/mol. The zero-order valence-corrected chi connectivity index (χ0v) is 22.2. The minimum atomic E-state index is -0.955. The van der Waals surface area contributed by atoms with Gasteiger partial charge in [0.15, 0.2) is 0 Å². The van der Waals surface area contributed by atoms with Gasteiger partial charge < -0.3 is 15.1 Å². The van der Waals surface area contributed by atoms with E-state index in [9.17, 15) is 14.7 Å². The van der Waals surface area contributed by atoms with E-state index >= 15 is 0 Å². The molecular formula is C30H27ClN2O4S. The van der Waals surface area contributed by atoms with Crippen molar-refractivity contribution in [1.82, 2.24) is 9.88 Å². The number of carboxylic acids is 1. The summed E-state index contributed by atoms with van der Waals surface area (Å²) in [5.41, 5.74) is 4.10. The van der Waals surface area contributed by atoms with Gasteiger partial charge in [-0.05, 0) is 60.4 Å². The largest absolute Gasteiger partial charge is 0.478 e. The van der Waals surface area contributed by atoms with E-state index in [1.807, 2.05) is 47.4 Å². The van der Waals surface area contributed by atoms with Crippen molar-refractivity contribution in [3.05, 3.63) is 101 Å². The number of carbonyl (C=O) groups excluding carboxylic acids is 1. The van der Waals surface area contributed by atoms with Crippen LogP contribution in [-0.4, -0.2) is 50.7 Å². The van der Waals surface area contributed by atoms with Crippen LogP contribution in [0.5, 0.6) is 0 Å². The molecule has 0 unspecified atom stereocenters. The Labute approximate surface area is 229 Å². The summed E-state index contributed by atoms with van der Waals surface area (Å²) in [6, 6.07) is 20.4. The van der Waals surface area contributed by atoms with Gasteiger partial charge in [-0.25, -0.2) is 9.78 Å². The van der Waals surface area contributed by atoms with Gasteiger partial charge in [0.05, 0.1) is 27.9 Å². The SMILES string of the molecule is O=C(O)c1ccc(CCN2C(=O)CC[C@@H]2/C=C/[C@@H](O)Cc2cccc(-c3nc4cc(Cl)ccc4s3)c2)cc1. The standard InChI is InChI=1S/C30H27ClN2O4S/c31-23-8-12-27-26(18-23)32-29(38-27)22-3-1-2-20(16-22)17-25(34)11-9-24-10-13-28(35)33(24)15-14-19-4-6-21(7-5-19)30(36)37/h1-9,11-12,16,18,24-25,34H,10,13-15,17H2,(H,36,37)/b11-9+/t24-,25+/m0/s1. The molecule has 6 nitrogen and oxygen atoms in total. The minimum absolute atomic E-state index is 0.0589. The molecule has 3 aromatic carbocycles. The van der Waals surface area contributed by atoms with Crippen molar-refractivity contribution in [3.63, 3.8) is 0 Å². The molecule has 1 aromatic heterocycles. The van der Waals surface area contributed by atoms with Crippen molar-refractivity contribution < 1.29 is 19.8 Å². The molecule has 1 aliphatic heterocycles. The Bertz CT molecular complexity index is 1500. The van der Waals surface area contributed by atoms with Crippen LogP contribution in [0.1, 0.15) is 34.3 Å². The molecule has 0 aliphatic carbocycles. The highest BCUT2D eigenvalue weighted by Gasteiger charge is 2.28. The Morgan fingerprint density at radius 2 is 1.95 bits per heavy atom. The fourth-order valence-electron chi connectivity index (χ4n) is 4.73.